The van der Waals surface area contributed by atoms with Crippen molar-refractivity contribution >= 4 is 29.2 Å². The summed E-state index contributed by atoms with van der Waals surface area (Å²) >= 11 is 1.60. The summed E-state index contributed by atoms with van der Waals surface area (Å²) in [5.41, 5.74) is 3.13. The van der Waals surface area contributed by atoms with Gasteiger partial charge in [0.15, 0.2) is 0 Å². The quantitative estimate of drug-likeness (QED) is 0.137. The smallest absolute Gasteiger partial charge is 0.338 e. The predicted molar refractivity (Wildman–Crippen MR) is 189 cm³/mol. The molecule has 1 fully saturated rings. The SMILES string of the molecule is O=C([C@H](Cc1ccccc1)N(Cc1ccc(-c2ccccn2)cc1)C(=O)/C=C/c1ccc(C(F)(F)F)cc1)N1CCN(Cc2nccs2)CC1. The summed E-state index contributed by atoms with van der Waals surface area (Å²) < 4.78 is 39.4. The highest BCUT2D eigenvalue weighted by molar-refractivity contribution is 7.09. The lowest BCUT2D eigenvalue weighted by molar-refractivity contribution is -0.145. The Hall–Kier alpha value is -5.13. The minimum Gasteiger partial charge on any atom is -0.338 e. The van der Waals surface area contributed by atoms with Gasteiger partial charge in [-0.2, -0.15) is 13.2 Å². The molecule has 0 unspecified atom stereocenters. The van der Waals surface area contributed by atoms with E-state index in [9.17, 15) is 22.8 Å². The lowest BCUT2D eigenvalue weighted by atomic mass is 10.0. The van der Waals surface area contributed by atoms with Gasteiger partial charge in [0.2, 0.25) is 11.8 Å². The Labute approximate surface area is 293 Å². The second-order valence-corrected chi connectivity index (χ2v) is 13.0. The molecule has 0 aliphatic carbocycles. The van der Waals surface area contributed by atoms with Crippen molar-refractivity contribution < 1.29 is 22.8 Å². The number of nitrogens with zero attached hydrogens (tertiary/aromatic N) is 5. The molecule has 1 saturated heterocycles. The van der Waals surface area contributed by atoms with Crippen LogP contribution in [0.5, 0.6) is 0 Å². The third-order valence-corrected chi connectivity index (χ3v) is 9.43. The van der Waals surface area contributed by atoms with Crippen molar-refractivity contribution in [3.8, 4) is 11.3 Å². The minimum atomic E-state index is -4.46. The van der Waals surface area contributed by atoms with E-state index in [2.05, 4.69) is 14.9 Å². The number of alkyl halides is 3. The van der Waals surface area contributed by atoms with E-state index in [-0.39, 0.29) is 12.5 Å². The van der Waals surface area contributed by atoms with E-state index < -0.39 is 23.7 Å². The molecule has 0 radical (unpaired) electrons. The number of thiazole rings is 1. The van der Waals surface area contributed by atoms with E-state index >= 15 is 0 Å². The van der Waals surface area contributed by atoms with E-state index in [4.69, 9.17) is 0 Å². The summed E-state index contributed by atoms with van der Waals surface area (Å²) in [4.78, 5) is 43.1. The molecule has 256 valence electrons. The molecule has 0 bridgehead atoms. The molecule has 3 aromatic carbocycles. The molecule has 5 aromatic rings. The number of halogens is 3. The molecule has 7 nitrogen and oxygen atoms in total. The Balaban J connectivity index is 1.28. The van der Waals surface area contributed by atoms with E-state index in [1.54, 1.807) is 28.6 Å². The first-order valence-corrected chi connectivity index (χ1v) is 17.2. The maximum atomic E-state index is 14.5. The van der Waals surface area contributed by atoms with E-state index in [1.807, 2.05) is 83.1 Å². The van der Waals surface area contributed by atoms with Crippen molar-refractivity contribution in [1.29, 1.82) is 0 Å². The van der Waals surface area contributed by atoms with Crippen LogP contribution >= 0.6 is 11.3 Å². The van der Waals surface area contributed by atoms with Gasteiger partial charge in [0, 0.05) is 68.6 Å². The molecule has 1 aliphatic heterocycles. The van der Waals surface area contributed by atoms with Crippen molar-refractivity contribution in [2.45, 2.75) is 31.7 Å². The van der Waals surface area contributed by atoms with Crippen molar-refractivity contribution in [2.75, 3.05) is 26.2 Å². The monoisotopic (exact) mass is 695 g/mol. The number of amides is 2. The maximum Gasteiger partial charge on any atom is 0.416 e. The largest absolute Gasteiger partial charge is 0.416 e. The van der Waals surface area contributed by atoms with Crippen molar-refractivity contribution in [1.82, 2.24) is 24.7 Å². The fourth-order valence-electron chi connectivity index (χ4n) is 5.93. The molecule has 1 atom stereocenters. The second kappa shape index (κ2) is 16.1. The lowest BCUT2D eigenvalue weighted by Gasteiger charge is -2.39. The molecule has 50 heavy (non-hydrogen) atoms. The number of aromatic nitrogens is 2. The summed E-state index contributed by atoms with van der Waals surface area (Å²) in [7, 11) is 0. The van der Waals surface area contributed by atoms with Crippen LogP contribution in [-0.4, -0.2) is 68.7 Å². The van der Waals surface area contributed by atoms with Crippen LogP contribution in [0.3, 0.4) is 0 Å². The Morgan fingerprint density at radius 3 is 2.18 bits per heavy atom. The normalized spacial score (nSPS) is 14.5. The summed E-state index contributed by atoms with van der Waals surface area (Å²) in [5.74, 6) is -0.570. The van der Waals surface area contributed by atoms with Crippen molar-refractivity contribution in [3.63, 3.8) is 0 Å². The highest BCUT2D eigenvalue weighted by Crippen LogP contribution is 2.29. The lowest BCUT2D eigenvalue weighted by Crippen LogP contribution is -2.56. The highest BCUT2D eigenvalue weighted by Gasteiger charge is 2.34. The zero-order valence-electron chi connectivity index (χ0n) is 27.2. The molecule has 0 N–H and O–H groups in total. The molecule has 2 amide bonds. The molecule has 1 aliphatic rings. The molecule has 11 heteroatoms. The van der Waals surface area contributed by atoms with Crippen LogP contribution in [0.2, 0.25) is 0 Å². The van der Waals surface area contributed by atoms with Gasteiger partial charge in [-0.1, -0.05) is 72.8 Å². The summed E-state index contributed by atoms with van der Waals surface area (Å²) in [6.07, 6.45) is 2.18. The second-order valence-electron chi connectivity index (χ2n) is 12.1. The fourth-order valence-corrected chi connectivity index (χ4v) is 6.58. The van der Waals surface area contributed by atoms with Crippen LogP contribution in [0.4, 0.5) is 13.2 Å². The van der Waals surface area contributed by atoms with Gasteiger partial charge in [0.05, 0.1) is 17.8 Å². The molecule has 0 saturated carbocycles. The first kappa shape index (κ1) is 34.7. The van der Waals surface area contributed by atoms with Gasteiger partial charge in [-0.25, -0.2) is 4.98 Å². The van der Waals surface area contributed by atoms with Gasteiger partial charge in [0.1, 0.15) is 11.0 Å². The number of benzene rings is 3. The molecule has 3 heterocycles. The van der Waals surface area contributed by atoms with Crippen molar-refractivity contribution in [2.24, 2.45) is 0 Å². The van der Waals surface area contributed by atoms with Gasteiger partial charge in [-0.3, -0.25) is 19.5 Å². The van der Waals surface area contributed by atoms with E-state index in [0.717, 1.165) is 46.1 Å². The number of pyridine rings is 1. The first-order chi connectivity index (χ1) is 24.2. The zero-order chi connectivity index (χ0) is 34.9. The zero-order valence-corrected chi connectivity index (χ0v) is 28.1. The number of piperazine rings is 1. The Morgan fingerprint density at radius 2 is 1.54 bits per heavy atom. The average molecular weight is 696 g/mol. The molecule has 2 aromatic heterocycles. The first-order valence-electron chi connectivity index (χ1n) is 16.3. The Kier molecular flexibility index (Phi) is 11.1. The molecular weight excluding hydrogens is 660 g/mol. The van der Waals surface area contributed by atoms with Gasteiger partial charge in [-0.05, 0) is 47.0 Å². The molecule has 6 rings (SSSR count). The third-order valence-electron chi connectivity index (χ3n) is 8.67. The Bertz CT molecular complexity index is 1860. The number of hydrogen-bond acceptors (Lipinski definition) is 6. The van der Waals surface area contributed by atoms with Gasteiger partial charge in [-0.15, -0.1) is 11.3 Å². The van der Waals surface area contributed by atoms with Gasteiger partial charge in [0.25, 0.3) is 0 Å². The van der Waals surface area contributed by atoms with Crippen LogP contribution in [0.1, 0.15) is 27.3 Å². The predicted octanol–water partition coefficient (Wildman–Crippen LogP) is 7.22. The van der Waals surface area contributed by atoms with E-state index in [0.29, 0.717) is 38.2 Å². The fraction of sp³-hybridized carbons (Fsp3) is 0.231. The minimum absolute atomic E-state index is 0.145. The number of hydrogen-bond donors (Lipinski definition) is 0. The standard InChI is InChI=1S/C39H36F3N5O2S/c40-39(41,42)33-16-11-29(12-17-33)13-18-37(48)47(27-31-9-14-32(15-10-31)34-8-4-5-19-43-34)35(26-30-6-2-1-3-7-30)38(49)46-23-21-45(22-24-46)28-36-44-20-25-50-36/h1-20,25,35H,21-24,26-28H2/b18-13+/t35-/m0/s1. The third kappa shape index (κ3) is 9.10. The summed E-state index contributed by atoms with van der Waals surface area (Å²) in [6.45, 7) is 3.25. The van der Waals surface area contributed by atoms with Crippen LogP contribution in [0.25, 0.3) is 17.3 Å². The maximum absolute atomic E-state index is 14.5. The van der Waals surface area contributed by atoms with Gasteiger partial charge < -0.3 is 9.80 Å². The number of rotatable bonds is 11. The molecule has 0 spiro atoms. The van der Waals surface area contributed by atoms with Crippen LogP contribution in [-0.2, 0) is 35.3 Å². The highest BCUT2D eigenvalue weighted by atomic mass is 32.1. The summed E-state index contributed by atoms with van der Waals surface area (Å²) in [6, 6.07) is 26.8. The van der Waals surface area contributed by atoms with Crippen molar-refractivity contribution in [3.05, 3.63) is 148 Å². The summed E-state index contributed by atoms with van der Waals surface area (Å²) in [5, 5.41) is 2.98. The van der Waals surface area contributed by atoms with Crippen LogP contribution < -0.4 is 0 Å². The number of carbonyl (C=O) groups excluding carboxylic acids is 2. The topological polar surface area (TPSA) is 69.6 Å². The number of carbonyl (C=O) groups is 2. The van der Waals surface area contributed by atoms with Crippen LogP contribution in [0, 0.1) is 0 Å². The van der Waals surface area contributed by atoms with Crippen LogP contribution in [0.15, 0.2) is 121 Å². The average Bonchev–Trinajstić information content (AvgIpc) is 3.66. The van der Waals surface area contributed by atoms with Gasteiger partial charge >= 0.3 is 6.18 Å². The van der Waals surface area contributed by atoms with E-state index in [1.165, 1.54) is 24.3 Å². The Morgan fingerprint density at radius 1 is 0.820 bits per heavy atom. The molecular formula is C39H36F3N5O2S.